The molecule has 0 atom stereocenters. The smallest absolute Gasteiger partial charge is 0.224 e. The fourth-order valence-electron chi connectivity index (χ4n) is 3.09. The molecule has 3 nitrogen and oxygen atoms in total. The first-order valence-corrected chi connectivity index (χ1v) is 8.97. The number of hydrogen-bond acceptors (Lipinski definition) is 2. The van der Waals surface area contributed by atoms with E-state index in [9.17, 15) is 9.18 Å². The first-order chi connectivity index (χ1) is 12.1. The van der Waals surface area contributed by atoms with Gasteiger partial charge in [-0.25, -0.2) is 4.39 Å². The predicted molar refractivity (Wildman–Crippen MR) is 98.0 cm³/mol. The number of hydrogen-bond donors (Lipinski definition) is 0. The molecule has 1 amide bonds. The van der Waals surface area contributed by atoms with Crippen LogP contribution in [0.1, 0.15) is 17.5 Å². The van der Waals surface area contributed by atoms with Crippen molar-refractivity contribution >= 4 is 17.5 Å². The molecule has 2 aromatic rings. The number of nitrogens with zero attached hydrogens (tertiary/aromatic N) is 2. The summed E-state index contributed by atoms with van der Waals surface area (Å²) in [6.45, 7) is 3.67. The quantitative estimate of drug-likeness (QED) is 0.810. The third kappa shape index (κ3) is 5.03. The topological polar surface area (TPSA) is 23.6 Å². The first-order valence-electron chi connectivity index (χ1n) is 8.60. The highest BCUT2D eigenvalue weighted by molar-refractivity contribution is 6.31. The van der Waals surface area contributed by atoms with Crippen LogP contribution in [-0.2, 0) is 17.8 Å². The van der Waals surface area contributed by atoms with Crippen molar-refractivity contribution < 1.29 is 9.18 Å². The van der Waals surface area contributed by atoms with E-state index in [1.54, 1.807) is 6.07 Å². The van der Waals surface area contributed by atoms with Crippen molar-refractivity contribution in [2.24, 2.45) is 0 Å². The maximum absolute atomic E-state index is 13.2. The Morgan fingerprint density at radius 1 is 1.04 bits per heavy atom. The Morgan fingerprint density at radius 3 is 2.60 bits per heavy atom. The Bertz CT molecular complexity index is 723. The number of benzene rings is 2. The molecule has 1 aliphatic rings. The average molecular weight is 361 g/mol. The number of carbonyl (C=O) groups is 1. The third-order valence-electron chi connectivity index (χ3n) is 4.62. The average Bonchev–Trinajstić information content (AvgIpc) is 2.79. The van der Waals surface area contributed by atoms with E-state index in [0.29, 0.717) is 24.5 Å². The van der Waals surface area contributed by atoms with Crippen LogP contribution in [0, 0.1) is 5.82 Å². The van der Waals surface area contributed by atoms with E-state index >= 15 is 0 Å². The van der Waals surface area contributed by atoms with E-state index in [-0.39, 0.29) is 11.7 Å². The Hall–Kier alpha value is -1.91. The van der Waals surface area contributed by atoms with Gasteiger partial charge in [0.25, 0.3) is 0 Å². The first kappa shape index (κ1) is 17.9. The summed E-state index contributed by atoms with van der Waals surface area (Å²) in [5.41, 5.74) is 2.10. The summed E-state index contributed by atoms with van der Waals surface area (Å²) in [7, 11) is 0. The van der Waals surface area contributed by atoms with Crippen molar-refractivity contribution in [3.63, 3.8) is 0 Å². The van der Waals surface area contributed by atoms with E-state index in [4.69, 9.17) is 11.6 Å². The van der Waals surface area contributed by atoms with Gasteiger partial charge in [-0.3, -0.25) is 4.79 Å². The Labute approximate surface area is 153 Å². The molecule has 0 N–H and O–H groups in total. The second-order valence-corrected chi connectivity index (χ2v) is 6.79. The van der Waals surface area contributed by atoms with Crippen LogP contribution in [0.3, 0.4) is 0 Å². The minimum Gasteiger partial charge on any atom is -0.337 e. The second kappa shape index (κ2) is 8.45. The molecule has 0 radical (unpaired) electrons. The zero-order valence-electron chi connectivity index (χ0n) is 14.1. The van der Waals surface area contributed by atoms with Gasteiger partial charge in [-0.05, 0) is 29.7 Å². The van der Waals surface area contributed by atoms with Crippen LogP contribution >= 0.6 is 11.6 Å². The maximum atomic E-state index is 13.2. The van der Waals surface area contributed by atoms with Gasteiger partial charge in [0, 0.05) is 44.2 Å². The number of halogens is 2. The van der Waals surface area contributed by atoms with Crippen LogP contribution in [0.15, 0.2) is 48.5 Å². The molecule has 25 heavy (non-hydrogen) atoms. The summed E-state index contributed by atoms with van der Waals surface area (Å²) in [6, 6.07) is 14.7. The number of rotatable bonds is 5. The standard InChI is InChI=1S/C20H22ClFN2O/c21-19-14-18(22)7-6-17(19)15-24-13-12-23(11-9-20(24)25)10-8-16-4-2-1-3-5-16/h1-7,14H,8-13,15H2. The van der Waals surface area contributed by atoms with Crippen LogP contribution in [0.5, 0.6) is 0 Å². The molecular formula is C20H22ClFN2O. The molecule has 0 saturated carbocycles. The summed E-state index contributed by atoms with van der Waals surface area (Å²) in [5.74, 6) is -0.231. The lowest BCUT2D eigenvalue weighted by Crippen LogP contribution is -2.33. The van der Waals surface area contributed by atoms with Crippen LogP contribution in [0.2, 0.25) is 5.02 Å². The highest BCUT2D eigenvalue weighted by Gasteiger charge is 2.21. The molecule has 1 saturated heterocycles. The molecule has 0 unspecified atom stereocenters. The van der Waals surface area contributed by atoms with Gasteiger partial charge in [0.2, 0.25) is 5.91 Å². The minimum absolute atomic E-state index is 0.127. The van der Waals surface area contributed by atoms with Gasteiger partial charge in [-0.1, -0.05) is 48.0 Å². The molecule has 2 aromatic carbocycles. The molecule has 0 spiro atoms. The van der Waals surface area contributed by atoms with Gasteiger partial charge >= 0.3 is 0 Å². The minimum atomic E-state index is -0.358. The van der Waals surface area contributed by atoms with Crippen LogP contribution in [0.25, 0.3) is 0 Å². The Balaban J connectivity index is 1.56. The molecule has 5 heteroatoms. The van der Waals surface area contributed by atoms with Crippen LogP contribution in [0.4, 0.5) is 4.39 Å². The highest BCUT2D eigenvalue weighted by atomic mass is 35.5. The Morgan fingerprint density at radius 2 is 1.84 bits per heavy atom. The van der Waals surface area contributed by atoms with Gasteiger partial charge in [-0.15, -0.1) is 0 Å². The largest absolute Gasteiger partial charge is 0.337 e. The molecule has 1 heterocycles. The zero-order valence-corrected chi connectivity index (χ0v) is 14.9. The number of amides is 1. The summed E-state index contributed by atoms with van der Waals surface area (Å²) in [4.78, 5) is 16.6. The van der Waals surface area contributed by atoms with Crippen molar-refractivity contribution in [1.29, 1.82) is 0 Å². The lowest BCUT2D eigenvalue weighted by atomic mass is 10.1. The lowest BCUT2D eigenvalue weighted by molar-refractivity contribution is -0.130. The van der Waals surface area contributed by atoms with Crippen molar-refractivity contribution in [1.82, 2.24) is 9.80 Å². The maximum Gasteiger partial charge on any atom is 0.224 e. The van der Waals surface area contributed by atoms with Gasteiger partial charge in [0.05, 0.1) is 0 Å². The molecule has 3 rings (SSSR count). The van der Waals surface area contributed by atoms with Gasteiger partial charge < -0.3 is 9.80 Å². The predicted octanol–water partition coefficient (Wildman–Crippen LogP) is 3.76. The molecular weight excluding hydrogens is 339 g/mol. The van der Waals surface area contributed by atoms with Gasteiger partial charge in [-0.2, -0.15) is 0 Å². The summed E-state index contributed by atoms with van der Waals surface area (Å²) >= 11 is 6.10. The fourth-order valence-corrected chi connectivity index (χ4v) is 3.32. The lowest BCUT2D eigenvalue weighted by Gasteiger charge is -2.22. The molecule has 1 aliphatic heterocycles. The van der Waals surface area contributed by atoms with Crippen molar-refractivity contribution in [2.75, 3.05) is 26.2 Å². The second-order valence-electron chi connectivity index (χ2n) is 6.38. The van der Waals surface area contributed by atoms with Crippen molar-refractivity contribution in [3.05, 3.63) is 70.5 Å². The normalized spacial score (nSPS) is 16.1. The highest BCUT2D eigenvalue weighted by Crippen LogP contribution is 2.20. The monoisotopic (exact) mass is 360 g/mol. The fraction of sp³-hybridized carbons (Fsp3) is 0.350. The SMILES string of the molecule is O=C1CCN(CCc2ccccc2)CCN1Cc1ccc(F)cc1Cl. The van der Waals surface area contributed by atoms with E-state index in [2.05, 4.69) is 29.2 Å². The molecule has 132 valence electrons. The summed E-state index contributed by atoms with van der Waals surface area (Å²) in [6.07, 6.45) is 1.49. The van der Waals surface area contributed by atoms with Crippen LogP contribution < -0.4 is 0 Å². The van der Waals surface area contributed by atoms with Crippen molar-refractivity contribution in [2.45, 2.75) is 19.4 Å². The molecule has 0 aliphatic carbocycles. The molecule has 1 fully saturated rings. The van der Waals surface area contributed by atoms with E-state index in [0.717, 1.165) is 31.6 Å². The van der Waals surface area contributed by atoms with E-state index in [1.165, 1.54) is 17.7 Å². The zero-order chi connectivity index (χ0) is 17.6. The van der Waals surface area contributed by atoms with E-state index < -0.39 is 0 Å². The van der Waals surface area contributed by atoms with Gasteiger partial charge in [0.15, 0.2) is 0 Å². The van der Waals surface area contributed by atoms with Crippen LogP contribution in [-0.4, -0.2) is 41.9 Å². The third-order valence-corrected chi connectivity index (χ3v) is 4.97. The van der Waals surface area contributed by atoms with Gasteiger partial charge in [0.1, 0.15) is 5.82 Å². The van der Waals surface area contributed by atoms with Crippen molar-refractivity contribution in [3.8, 4) is 0 Å². The number of carbonyl (C=O) groups excluding carboxylic acids is 1. The summed E-state index contributed by atoms with van der Waals surface area (Å²) in [5, 5.41) is 0.373. The van der Waals surface area contributed by atoms with E-state index in [1.807, 2.05) is 11.0 Å². The summed E-state index contributed by atoms with van der Waals surface area (Å²) < 4.78 is 13.2. The Kier molecular flexibility index (Phi) is 6.05. The molecule has 0 aromatic heterocycles. The molecule has 0 bridgehead atoms.